The van der Waals surface area contributed by atoms with Gasteiger partial charge in [-0.05, 0) is 0 Å². The van der Waals surface area contributed by atoms with E-state index in [9.17, 15) is 5.11 Å². The molecule has 0 aliphatic carbocycles. The van der Waals surface area contributed by atoms with Gasteiger partial charge in [-0.25, -0.2) is 0 Å². The van der Waals surface area contributed by atoms with Gasteiger partial charge in [0.1, 0.15) is 8.07 Å². The molecule has 0 aliphatic heterocycles. The van der Waals surface area contributed by atoms with Gasteiger partial charge in [0.25, 0.3) is 0 Å². The van der Waals surface area contributed by atoms with Crippen LogP contribution in [0.4, 0.5) is 0 Å². The summed E-state index contributed by atoms with van der Waals surface area (Å²) in [5.74, 6) is 3.14. The fourth-order valence-corrected chi connectivity index (χ4v) is 2.50. The highest BCUT2D eigenvalue weighted by Crippen LogP contribution is 2.28. The van der Waals surface area contributed by atoms with Gasteiger partial charge in [0.05, 0.1) is 0 Å². The lowest BCUT2D eigenvalue weighted by atomic mass is 9.87. The summed E-state index contributed by atoms with van der Waals surface area (Å²) in [7, 11) is -1.55. The molecule has 0 atom stereocenters. The summed E-state index contributed by atoms with van der Waals surface area (Å²) in [4.78, 5) is 0. The molecular formula is C18H20OSi. The van der Waals surface area contributed by atoms with E-state index in [1.165, 1.54) is 0 Å². The van der Waals surface area contributed by atoms with Crippen molar-refractivity contribution in [2.24, 2.45) is 0 Å². The van der Waals surface area contributed by atoms with Crippen LogP contribution in [0.2, 0.25) is 19.6 Å². The van der Waals surface area contributed by atoms with Gasteiger partial charge in [-0.2, -0.15) is 0 Å². The molecule has 2 rings (SSSR count). The van der Waals surface area contributed by atoms with Crippen LogP contribution in [0.25, 0.3) is 0 Å². The van der Waals surface area contributed by atoms with E-state index < -0.39 is 13.7 Å². The van der Waals surface area contributed by atoms with E-state index in [2.05, 4.69) is 31.1 Å². The smallest absolute Gasteiger partial charge is 0.176 e. The monoisotopic (exact) mass is 280 g/mol. The zero-order chi connectivity index (χ0) is 14.6. The molecular weight excluding hydrogens is 260 g/mol. The zero-order valence-corrected chi connectivity index (χ0v) is 13.2. The fraction of sp³-hybridized carbons (Fsp3) is 0.222. The van der Waals surface area contributed by atoms with Crippen molar-refractivity contribution in [2.45, 2.75) is 25.2 Å². The molecule has 0 unspecified atom stereocenters. The second kappa shape index (κ2) is 5.66. The van der Waals surface area contributed by atoms with Gasteiger partial charge in [0.2, 0.25) is 0 Å². The normalized spacial score (nSPS) is 11.6. The van der Waals surface area contributed by atoms with Gasteiger partial charge < -0.3 is 5.11 Å². The molecule has 0 heterocycles. The second-order valence-corrected chi connectivity index (χ2v) is 10.7. The predicted octanol–water partition coefficient (Wildman–Crippen LogP) is 3.80. The third kappa shape index (κ3) is 3.39. The third-order valence-corrected chi connectivity index (χ3v) is 3.88. The molecule has 1 nitrogen and oxygen atoms in total. The summed E-state index contributed by atoms with van der Waals surface area (Å²) < 4.78 is 0. The SMILES string of the molecule is C[Si](C)(C)C#CC(O)(c1ccccc1)c1ccccc1. The number of hydrogen-bond acceptors (Lipinski definition) is 1. The van der Waals surface area contributed by atoms with Crippen molar-refractivity contribution in [2.75, 3.05) is 0 Å². The van der Waals surface area contributed by atoms with Crippen LogP contribution in [0.5, 0.6) is 0 Å². The molecule has 0 saturated carbocycles. The Bertz CT molecular complexity index is 576. The van der Waals surface area contributed by atoms with E-state index in [1.807, 2.05) is 60.7 Å². The van der Waals surface area contributed by atoms with Crippen molar-refractivity contribution < 1.29 is 5.11 Å². The zero-order valence-electron chi connectivity index (χ0n) is 12.2. The summed E-state index contributed by atoms with van der Waals surface area (Å²) in [6, 6.07) is 19.3. The van der Waals surface area contributed by atoms with Gasteiger partial charge in [0, 0.05) is 11.1 Å². The summed E-state index contributed by atoms with van der Waals surface area (Å²) in [6.07, 6.45) is 0. The topological polar surface area (TPSA) is 20.2 Å². The van der Waals surface area contributed by atoms with Crippen LogP contribution in [0.1, 0.15) is 11.1 Å². The Kier molecular flexibility index (Phi) is 4.13. The van der Waals surface area contributed by atoms with E-state index in [0.717, 1.165) is 11.1 Å². The first-order chi connectivity index (χ1) is 9.42. The highest BCUT2D eigenvalue weighted by molar-refractivity contribution is 6.83. The number of hydrogen-bond donors (Lipinski definition) is 1. The van der Waals surface area contributed by atoms with Gasteiger partial charge in [-0.3, -0.25) is 0 Å². The maximum Gasteiger partial charge on any atom is 0.176 e. The van der Waals surface area contributed by atoms with Crippen molar-refractivity contribution in [1.29, 1.82) is 0 Å². The molecule has 0 aromatic heterocycles. The van der Waals surface area contributed by atoms with Gasteiger partial charge in [-0.15, -0.1) is 5.54 Å². The lowest BCUT2D eigenvalue weighted by molar-refractivity contribution is 0.145. The maximum atomic E-state index is 11.2. The van der Waals surface area contributed by atoms with Crippen LogP contribution in [0, 0.1) is 11.5 Å². The maximum absolute atomic E-state index is 11.2. The van der Waals surface area contributed by atoms with Crippen LogP contribution in [-0.4, -0.2) is 13.2 Å². The fourth-order valence-electron chi connectivity index (χ4n) is 1.95. The Labute approximate surface area is 122 Å². The van der Waals surface area contributed by atoms with Crippen molar-refractivity contribution in [3.63, 3.8) is 0 Å². The first kappa shape index (κ1) is 14.6. The minimum atomic E-state index is -1.55. The molecule has 2 aromatic carbocycles. The van der Waals surface area contributed by atoms with Crippen LogP contribution in [0.3, 0.4) is 0 Å². The van der Waals surface area contributed by atoms with E-state index in [0.29, 0.717) is 0 Å². The van der Waals surface area contributed by atoms with Gasteiger partial charge in [0.15, 0.2) is 5.60 Å². The summed E-state index contributed by atoms with van der Waals surface area (Å²) in [5, 5.41) is 11.2. The van der Waals surface area contributed by atoms with Crippen LogP contribution in [0.15, 0.2) is 60.7 Å². The Morgan fingerprint density at radius 1 is 0.800 bits per heavy atom. The van der Waals surface area contributed by atoms with Crippen molar-refractivity contribution in [3.05, 3.63) is 71.8 Å². The average Bonchev–Trinajstić information content (AvgIpc) is 2.46. The molecule has 2 heteroatoms. The summed E-state index contributed by atoms with van der Waals surface area (Å²) >= 11 is 0. The molecule has 0 amide bonds. The second-order valence-electron chi connectivity index (χ2n) is 5.94. The molecule has 0 aliphatic rings. The van der Waals surface area contributed by atoms with Crippen LogP contribution in [-0.2, 0) is 5.60 Å². The van der Waals surface area contributed by atoms with Crippen LogP contribution >= 0.6 is 0 Å². The van der Waals surface area contributed by atoms with Gasteiger partial charge >= 0.3 is 0 Å². The molecule has 20 heavy (non-hydrogen) atoms. The van der Waals surface area contributed by atoms with E-state index in [4.69, 9.17) is 0 Å². The molecule has 102 valence electrons. The molecule has 0 saturated heterocycles. The summed E-state index contributed by atoms with van der Waals surface area (Å²) in [6.45, 7) is 6.53. The number of benzene rings is 2. The Balaban J connectivity index is 2.58. The quantitative estimate of drug-likeness (QED) is 0.655. The lowest BCUT2D eigenvalue weighted by Crippen LogP contribution is -2.27. The first-order valence-corrected chi connectivity index (χ1v) is 10.3. The molecule has 0 spiro atoms. The average molecular weight is 280 g/mol. The Hall–Kier alpha value is -1.82. The highest BCUT2D eigenvalue weighted by atomic mass is 28.3. The molecule has 2 aromatic rings. The van der Waals surface area contributed by atoms with Crippen molar-refractivity contribution in [1.82, 2.24) is 0 Å². The lowest BCUT2D eigenvalue weighted by Gasteiger charge is -2.24. The molecule has 0 radical (unpaired) electrons. The van der Waals surface area contributed by atoms with Crippen molar-refractivity contribution >= 4 is 8.07 Å². The standard InChI is InChI=1S/C18H20OSi/c1-20(2,3)15-14-18(19,16-10-6-4-7-11-16)17-12-8-5-9-13-17/h4-13,19H,1-3H3. The minimum Gasteiger partial charge on any atom is -0.369 e. The van der Waals surface area contributed by atoms with E-state index >= 15 is 0 Å². The van der Waals surface area contributed by atoms with E-state index in [-0.39, 0.29) is 0 Å². The highest BCUT2D eigenvalue weighted by Gasteiger charge is 2.29. The van der Waals surface area contributed by atoms with Crippen LogP contribution < -0.4 is 0 Å². The van der Waals surface area contributed by atoms with Gasteiger partial charge in [-0.1, -0.05) is 86.2 Å². The predicted molar refractivity (Wildman–Crippen MR) is 87.0 cm³/mol. The molecule has 0 fully saturated rings. The molecule has 1 N–H and O–H groups in total. The first-order valence-electron chi connectivity index (χ1n) is 6.79. The Morgan fingerprint density at radius 2 is 1.20 bits per heavy atom. The largest absolute Gasteiger partial charge is 0.369 e. The summed E-state index contributed by atoms with van der Waals surface area (Å²) in [5.41, 5.74) is 3.70. The van der Waals surface area contributed by atoms with E-state index in [1.54, 1.807) is 0 Å². The Morgan fingerprint density at radius 3 is 1.55 bits per heavy atom. The number of aliphatic hydroxyl groups is 1. The minimum absolute atomic E-state index is 0.817. The van der Waals surface area contributed by atoms with Crippen molar-refractivity contribution in [3.8, 4) is 11.5 Å². The third-order valence-electron chi connectivity index (χ3n) is 3.00. The number of rotatable bonds is 2. The molecule has 0 bridgehead atoms.